The fourth-order valence-corrected chi connectivity index (χ4v) is 3.83. The summed E-state index contributed by atoms with van der Waals surface area (Å²) in [6, 6.07) is 23.2. The summed E-state index contributed by atoms with van der Waals surface area (Å²) < 4.78 is 11.1. The highest BCUT2D eigenvalue weighted by molar-refractivity contribution is 6.28. The Morgan fingerprint density at radius 3 is 1.82 bits per heavy atom. The fraction of sp³-hybridized carbons (Fsp3) is 0.290. The molecule has 0 heterocycles. The van der Waals surface area contributed by atoms with Crippen LogP contribution in [0.1, 0.15) is 37.5 Å². The van der Waals surface area contributed by atoms with Crippen molar-refractivity contribution in [1.82, 2.24) is 10.6 Å². The molecule has 212 valence electrons. The van der Waals surface area contributed by atoms with Crippen LogP contribution in [0.5, 0.6) is 5.75 Å². The van der Waals surface area contributed by atoms with Crippen LogP contribution in [0.25, 0.3) is 0 Å². The molecule has 0 aliphatic rings. The molecule has 0 spiro atoms. The van der Waals surface area contributed by atoms with E-state index in [1.165, 1.54) is 0 Å². The van der Waals surface area contributed by atoms with E-state index in [9.17, 15) is 19.2 Å². The van der Waals surface area contributed by atoms with Crippen molar-refractivity contribution in [3.63, 3.8) is 0 Å². The number of ether oxygens (including phenoxy) is 2. The van der Waals surface area contributed by atoms with Crippen LogP contribution >= 0.6 is 0 Å². The van der Waals surface area contributed by atoms with E-state index in [0.29, 0.717) is 5.75 Å². The number of rotatable bonds is 12. The number of alkyl carbamates (subject to hydrolysis) is 1. The summed E-state index contributed by atoms with van der Waals surface area (Å²) in [6.45, 7) is 5.85. The van der Waals surface area contributed by atoms with Gasteiger partial charge >= 0.3 is 6.09 Å². The Kier molecular flexibility index (Phi) is 12.0. The number of ketones is 1. The minimum atomic E-state index is -1.11. The Balaban J connectivity index is 0.00000560. The molecule has 40 heavy (non-hydrogen) atoms. The summed E-state index contributed by atoms with van der Waals surface area (Å²) in [6.07, 6.45) is -0.332. The second kappa shape index (κ2) is 15.2. The first-order chi connectivity index (χ1) is 18.6. The standard InChI is InChI=1S/C31H34N2O6.H2O/c1-31(2,3)39-25-16-14-23(15-17-25)18-26(28(35)20-34)32-29(36)27(19-22-10-6-4-7-11-22)33-30(37)38-21-24-12-8-5-9-13-24;/h4-17,20,26-27H,18-19,21H2,1-3H3,(H,32,36)(H,33,37);1H2/t26-,27-;/m0./s1. The van der Waals surface area contributed by atoms with Gasteiger partial charge in [0.1, 0.15) is 24.0 Å². The maximum Gasteiger partial charge on any atom is 0.408 e. The van der Waals surface area contributed by atoms with Gasteiger partial charge in [-0.1, -0.05) is 72.8 Å². The Bertz CT molecular complexity index is 1240. The number of nitrogens with one attached hydrogen (secondary N) is 2. The molecule has 9 nitrogen and oxygen atoms in total. The van der Waals surface area contributed by atoms with E-state index in [-0.39, 0.29) is 36.8 Å². The van der Waals surface area contributed by atoms with Gasteiger partial charge in [0.25, 0.3) is 0 Å². The molecule has 0 bridgehead atoms. The lowest BCUT2D eigenvalue weighted by Gasteiger charge is -2.23. The number of benzene rings is 3. The van der Waals surface area contributed by atoms with E-state index in [1.54, 1.807) is 24.3 Å². The number of hydrogen-bond acceptors (Lipinski definition) is 6. The Labute approximate surface area is 234 Å². The Morgan fingerprint density at radius 1 is 0.750 bits per heavy atom. The molecule has 3 aromatic carbocycles. The largest absolute Gasteiger partial charge is 0.488 e. The molecule has 0 aliphatic carbocycles. The SMILES string of the molecule is CC(C)(C)Oc1ccc(C[C@H](NC(=O)[C@H](Cc2ccccc2)NC(=O)OCc2ccccc2)C(=O)C=O)cc1.O. The fourth-order valence-electron chi connectivity index (χ4n) is 3.83. The number of carbonyl (C=O) groups excluding carboxylic acids is 4. The van der Waals surface area contributed by atoms with Gasteiger partial charge in [0.05, 0.1) is 6.04 Å². The molecule has 3 aromatic rings. The van der Waals surface area contributed by atoms with Gasteiger partial charge in [-0.05, 0) is 49.6 Å². The van der Waals surface area contributed by atoms with Crippen LogP contribution in [-0.2, 0) is 38.6 Å². The van der Waals surface area contributed by atoms with Crippen molar-refractivity contribution in [2.45, 2.75) is 57.9 Å². The summed E-state index contributed by atoms with van der Waals surface area (Å²) >= 11 is 0. The summed E-state index contributed by atoms with van der Waals surface area (Å²) in [4.78, 5) is 49.7. The van der Waals surface area contributed by atoms with Crippen LogP contribution in [-0.4, -0.2) is 47.2 Å². The van der Waals surface area contributed by atoms with E-state index in [1.807, 2.05) is 81.4 Å². The third-order valence-electron chi connectivity index (χ3n) is 5.67. The third kappa shape index (κ3) is 10.7. The summed E-state index contributed by atoms with van der Waals surface area (Å²) in [5.41, 5.74) is 1.96. The van der Waals surface area contributed by atoms with Crippen LogP contribution in [0.3, 0.4) is 0 Å². The molecule has 0 saturated heterocycles. The summed E-state index contributed by atoms with van der Waals surface area (Å²) in [5.74, 6) is -0.721. The van der Waals surface area contributed by atoms with Gasteiger partial charge in [-0.2, -0.15) is 0 Å². The molecule has 3 rings (SSSR count). The van der Waals surface area contributed by atoms with Gasteiger partial charge in [-0.3, -0.25) is 14.4 Å². The predicted octanol–water partition coefficient (Wildman–Crippen LogP) is 3.37. The molecule has 0 aliphatic heterocycles. The van der Waals surface area contributed by atoms with Gasteiger partial charge in [-0.25, -0.2) is 4.79 Å². The number of amides is 2. The molecular formula is C31H36N2O7. The van der Waals surface area contributed by atoms with Crippen LogP contribution in [0.4, 0.5) is 4.79 Å². The first-order valence-corrected chi connectivity index (χ1v) is 12.7. The van der Waals surface area contributed by atoms with Crippen molar-refractivity contribution < 1.29 is 34.1 Å². The Morgan fingerprint density at radius 2 is 1.27 bits per heavy atom. The van der Waals surface area contributed by atoms with Crippen molar-refractivity contribution >= 4 is 24.1 Å². The van der Waals surface area contributed by atoms with Gasteiger partial charge in [0.2, 0.25) is 11.7 Å². The van der Waals surface area contributed by atoms with Crippen molar-refractivity contribution in [3.05, 3.63) is 102 Å². The number of Topliss-reactive ketones (excluding diaryl/α,β-unsaturated/α-hetero) is 1. The molecule has 2 atom stereocenters. The van der Waals surface area contributed by atoms with Crippen molar-refractivity contribution in [3.8, 4) is 5.75 Å². The first-order valence-electron chi connectivity index (χ1n) is 12.7. The normalized spacial score (nSPS) is 12.2. The van der Waals surface area contributed by atoms with E-state index < -0.39 is 29.9 Å². The highest BCUT2D eigenvalue weighted by Crippen LogP contribution is 2.19. The van der Waals surface area contributed by atoms with Gasteiger partial charge in [0, 0.05) is 12.8 Å². The molecule has 0 saturated carbocycles. The zero-order valence-electron chi connectivity index (χ0n) is 22.9. The number of hydrogen-bond donors (Lipinski definition) is 2. The first kappa shape index (κ1) is 31.7. The van der Waals surface area contributed by atoms with E-state index in [4.69, 9.17) is 9.47 Å². The van der Waals surface area contributed by atoms with E-state index >= 15 is 0 Å². The molecular weight excluding hydrogens is 512 g/mol. The lowest BCUT2D eigenvalue weighted by atomic mass is 10.0. The third-order valence-corrected chi connectivity index (χ3v) is 5.67. The minimum absolute atomic E-state index is 0. The van der Waals surface area contributed by atoms with Crippen molar-refractivity contribution in [1.29, 1.82) is 0 Å². The van der Waals surface area contributed by atoms with Gasteiger partial charge < -0.3 is 25.6 Å². The van der Waals surface area contributed by atoms with Gasteiger partial charge in [0.15, 0.2) is 6.29 Å². The lowest BCUT2D eigenvalue weighted by molar-refractivity contribution is -0.133. The monoisotopic (exact) mass is 548 g/mol. The molecule has 9 heteroatoms. The molecule has 0 fully saturated rings. The summed E-state index contributed by atoms with van der Waals surface area (Å²) in [5, 5.41) is 5.25. The van der Waals surface area contributed by atoms with Crippen molar-refractivity contribution in [2.24, 2.45) is 0 Å². The van der Waals surface area contributed by atoms with E-state index in [2.05, 4.69) is 10.6 Å². The highest BCUT2D eigenvalue weighted by Gasteiger charge is 2.27. The quantitative estimate of drug-likeness (QED) is 0.262. The van der Waals surface area contributed by atoms with Crippen LogP contribution < -0.4 is 15.4 Å². The molecule has 0 unspecified atom stereocenters. The van der Waals surface area contributed by atoms with Crippen molar-refractivity contribution in [2.75, 3.05) is 0 Å². The second-order valence-corrected chi connectivity index (χ2v) is 10.1. The minimum Gasteiger partial charge on any atom is -0.488 e. The molecule has 0 aromatic heterocycles. The van der Waals surface area contributed by atoms with E-state index in [0.717, 1.165) is 16.7 Å². The molecule has 2 amide bonds. The van der Waals surface area contributed by atoms with Crippen LogP contribution in [0.15, 0.2) is 84.9 Å². The van der Waals surface area contributed by atoms with Crippen LogP contribution in [0, 0.1) is 0 Å². The average Bonchev–Trinajstić information content (AvgIpc) is 2.92. The predicted molar refractivity (Wildman–Crippen MR) is 151 cm³/mol. The maximum absolute atomic E-state index is 13.3. The number of carbonyl (C=O) groups is 4. The summed E-state index contributed by atoms with van der Waals surface area (Å²) in [7, 11) is 0. The maximum atomic E-state index is 13.3. The smallest absolute Gasteiger partial charge is 0.408 e. The molecule has 0 radical (unpaired) electrons. The zero-order chi connectivity index (χ0) is 28.3. The highest BCUT2D eigenvalue weighted by atomic mass is 16.5. The second-order valence-electron chi connectivity index (χ2n) is 10.1. The Hall–Kier alpha value is -4.50. The average molecular weight is 549 g/mol. The topological polar surface area (TPSA) is 142 Å². The van der Waals surface area contributed by atoms with Crippen LogP contribution in [0.2, 0.25) is 0 Å². The zero-order valence-corrected chi connectivity index (χ0v) is 22.9. The molecule has 4 N–H and O–H groups in total. The number of aldehydes is 1. The van der Waals surface area contributed by atoms with Gasteiger partial charge in [-0.15, -0.1) is 0 Å². The lowest BCUT2D eigenvalue weighted by Crippen LogP contribution is -2.53.